The van der Waals surface area contributed by atoms with Gasteiger partial charge in [-0.25, -0.2) is 13.2 Å². The van der Waals surface area contributed by atoms with Crippen LogP contribution in [0.25, 0.3) is 0 Å². The van der Waals surface area contributed by atoms with Gasteiger partial charge in [-0.1, -0.05) is 12.1 Å². The highest BCUT2D eigenvalue weighted by Gasteiger charge is 2.42. The molecule has 1 aliphatic heterocycles. The lowest BCUT2D eigenvalue weighted by molar-refractivity contribution is -0.118. The van der Waals surface area contributed by atoms with Gasteiger partial charge in [-0.2, -0.15) is 0 Å². The second-order valence-corrected chi connectivity index (χ2v) is 6.37. The summed E-state index contributed by atoms with van der Waals surface area (Å²) < 4.78 is 39.1. The van der Waals surface area contributed by atoms with Gasteiger partial charge in [0, 0.05) is 24.2 Å². The van der Waals surface area contributed by atoms with Gasteiger partial charge in [-0.3, -0.25) is 14.9 Å². The fourth-order valence-corrected chi connectivity index (χ4v) is 2.72. The highest BCUT2D eigenvalue weighted by Crippen LogP contribution is 2.25. The van der Waals surface area contributed by atoms with Crippen LogP contribution in [0.15, 0.2) is 48.5 Å². The third-order valence-corrected chi connectivity index (χ3v) is 4.21. The van der Waals surface area contributed by atoms with E-state index in [-0.39, 0.29) is 18.3 Å². The van der Waals surface area contributed by atoms with E-state index < -0.39 is 30.8 Å². The normalized spacial score (nSPS) is 18.1. The molecular weight excluding hydrogens is 359 g/mol. The summed E-state index contributed by atoms with van der Waals surface area (Å²) in [4.78, 5) is 24.1. The number of alkyl halides is 2. The lowest BCUT2D eigenvalue weighted by Crippen LogP contribution is -2.35. The van der Waals surface area contributed by atoms with Crippen molar-refractivity contribution in [1.82, 2.24) is 10.6 Å². The first-order valence-corrected chi connectivity index (χ1v) is 8.37. The number of carbonyl (C=O) groups excluding carboxylic acids is 2. The van der Waals surface area contributed by atoms with Gasteiger partial charge in [0.2, 0.25) is 5.91 Å². The molecule has 27 heavy (non-hydrogen) atoms. The molecular formula is C19H18F3N3O2. The van der Waals surface area contributed by atoms with Gasteiger partial charge in [0.25, 0.3) is 11.8 Å². The topological polar surface area (TPSA) is 70.2 Å². The molecule has 5 nitrogen and oxygen atoms in total. The highest BCUT2D eigenvalue weighted by molar-refractivity contribution is 5.97. The molecule has 0 spiro atoms. The van der Waals surface area contributed by atoms with E-state index in [1.807, 2.05) is 0 Å². The Morgan fingerprint density at radius 2 is 1.74 bits per heavy atom. The van der Waals surface area contributed by atoms with Crippen molar-refractivity contribution in [3.63, 3.8) is 0 Å². The van der Waals surface area contributed by atoms with E-state index in [2.05, 4.69) is 16.0 Å². The van der Waals surface area contributed by atoms with Crippen LogP contribution in [0.5, 0.6) is 0 Å². The Labute approximate surface area is 154 Å². The molecule has 0 aromatic heterocycles. The van der Waals surface area contributed by atoms with Crippen molar-refractivity contribution in [1.29, 1.82) is 0 Å². The molecule has 2 amide bonds. The first kappa shape index (κ1) is 18.9. The van der Waals surface area contributed by atoms with Crippen LogP contribution in [-0.2, 0) is 11.3 Å². The summed E-state index contributed by atoms with van der Waals surface area (Å²) in [5.41, 5.74) is 1.54. The van der Waals surface area contributed by atoms with E-state index in [1.165, 1.54) is 36.4 Å². The zero-order valence-corrected chi connectivity index (χ0v) is 14.3. The monoisotopic (exact) mass is 377 g/mol. The number of benzene rings is 2. The minimum Gasteiger partial charge on any atom is -0.348 e. The maximum atomic E-state index is 13.1. The average molecular weight is 377 g/mol. The van der Waals surface area contributed by atoms with Gasteiger partial charge in [0.05, 0.1) is 12.6 Å². The third kappa shape index (κ3) is 5.07. The fraction of sp³-hybridized carbons (Fsp3) is 0.263. The quantitative estimate of drug-likeness (QED) is 0.750. The molecule has 1 saturated heterocycles. The number of nitrogens with one attached hydrogen (secondary N) is 3. The molecule has 2 aromatic rings. The first-order valence-electron chi connectivity index (χ1n) is 8.37. The van der Waals surface area contributed by atoms with Crippen molar-refractivity contribution in [3.8, 4) is 0 Å². The van der Waals surface area contributed by atoms with Crippen LogP contribution in [0.1, 0.15) is 22.3 Å². The number of hydrogen-bond donors (Lipinski definition) is 3. The Morgan fingerprint density at radius 3 is 2.33 bits per heavy atom. The molecule has 0 aliphatic carbocycles. The highest BCUT2D eigenvalue weighted by atomic mass is 19.3. The summed E-state index contributed by atoms with van der Waals surface area (Å²) in [7, 11) is 0. The Bertz CT molecular complexity index is 823. The lowest BCUT2D eigenvalue weighted by Gasteiger charge is -2.12. The number of rotatable bonds is 5. The van der Waals surface area contributed by atoms with Gasteiger partial charge in [-0.05, 0) is 42.0 Å². The van der Waals surface area contributed by atoms with E-state index in [4.69, 9.17) is 0 Å². The molecule has 2 aromatic carbocycles. The molecule has 0 radical (unpaired) electrons. The molecule has 1 atom stereocenters. The standard InChI is InChI=1S/C19H18F3N3O2/c20-14-5-1-12(2-6-14)10-23-17(26)13-3-7-15(8-4-13)25-18(27)16-9-19(21,22)11-24-16/h1-8,16,24H,9-11H2,(H,23,26)(H,25,27). The lowest BCUT2D eigenvalue weighted by atomic mass is 10.1. The first-order chi connectivity index (χ1) is 12.8. The number of anilines is 1. The van der Waals surface area contributed by atoms with E-state index in [9.17, 15) is 22.8 Å². The van der Waals surface area contributed by atoms with Crippen LogP contribution in [0, 0.1) is 5.82 Å². The minimum atomic E-state index is -2.88. The molecule has 142 valence electrons. The van der Waals surface area contributed by atoms with Crippen LogP contribution in [-0.4, -0.2) is 30.3 Å². The van der Waals surface area contributed by atoms with E-state index in [0.29, 0.717) is 11.3 Å². The largest absolute Gasteiger partial charge is 0.348 e. The van der Waals surface area contributed by atoms with E-state index in [0.717, 1.165) is 5.56 Å². The van der Waals surface area contributed by atoms with Crippen molar-refractivity contribution in [2.45, 2.75) is 24.9 Å². The Balaban J connectivity index is 1.52. The Kier molecular flexibility index (Phi) is 5.46. The number of halogens is 3. The van der Waals surface area contributed by atoms with E-state index >= 15 is 0 Å². The van der Waals surface area contributed by atoms with Crippen LogP contribution in [0.3, 0.4) is 0 Å². The Hall–Kier alpha value is -2.87. The fourth-order valence-electron chi connectivity index (χ4n) is 2.72. The molecule has 0 saturated carbocycles. The van der Waals surface area contributed by atoms with Crippen LogP contribution < -0.4 is 16.0 Å². The molecule has 3 rings (SSSR count). The maximum Gasteiger partial charge on any atom is 0.262 e. The predicted molar refractivity (Wildman–Crippen MR) is 94.0 cm³/mol. The van der Waals surface area contributed by atoms with Gasteiger partial charge >= 0.3 is 0 Å². The van der Waals surface area contributed by atoms with Gasteiger partial charge in [-0.15, -0.1) is 0 Å². The van der Waals surface area contributed by atoms with Crippen molar-refractivity contribution >= 4 is 17.5 Å². The average Bonchev–Trinajstić information content (AvgIpc) is 3.01. The second-order valence-electron chi connectivity index (χ2n) is 6.37. The zero-order chi connectivity index (χ0) is 19.4. The molecule has 0 bridgehead atoms. The van der Waals surface area contributed by atoms with Crippen molar-refractivity contribution in [2.24, 2.45) is 0 Å². The molecule has 1 heterocycles. The number of amides is 2. The van der Waals surface area contributed by atoms with Gasteiger partial charge < -0.3 is 10.6 Å². The third-order valence-electron chi connectivity index (χ3n) is 4.21. The second kappa shape index (κ2) is 7.79. The number of hydrogen-bond acceptors (Lipinski definition) is 3. The molecule has 1 fully saturated rings. The van der Waals surface area contributed by atoms with E-state index in [1.54, 1.807) is 12.1 Å². The predicted octanol–water partition coefficient (Wildman–Crippen LogP) is 2.69. The summed E-state index contributed by atoms with van der Waals surface area (Å²) in [6.07, 6.45) is -0.539. The summed E-state index contributed by atoms with van der Waals surface area (Å²) in [5, 5.41) is 7.74. The van der Waals surface area contributed by atoms with Crippen molar-refractivity contribution in [3.05, 3.63) is 65.5 Å². The van der Waals surface area contributed by atoms with Crippen molar-refractivity contribution < 1.29 is 22.8 Å². The zero-order valence-electron chi connectivity index (χ0n) is 14.3. The minimum absolute atomic E-state index is 0.249. The summed E-state index contributed by atoms with van der Waals surface area (Å²) >= 11 is 0. The summed E-state index contributed by atoms with van der Waals surface area (Å²) in [6, 6.07) is 10.9. The van der Waals surface area contributed by atoms with Gasteiger partial charge in [0.15, 0.2) is 0 Å². The number of carbonyl (C=O) groups is 2. The van der Waals surface area contributed by atoms with Crippen LogP contribution in [0.2, 0.25) is 0 Å². The summed E-state index contributed by atoms with van der Waals surface area (Å²) in [6.45, 7) is -0.266. The van der Waals surface area contributed by atoms with Crippen molar-refractivity contribution in [2.75, 3.05) is 11.9 Å². The van der Waals surface area contributed by atoms with Crippen LogP contribution in [0.4, 0.5) is 18.9 Å². The maximum absolute atomic E-state index is 13.1. The molecule has 8 heteroatoms. The molecule has 1 aliphatic rings. The molecule has 3 N–H and O–H groups in total. The smallest absolute Gasteiger partial charge is 0.262 e. The SMILES string of the molecule is O=C(NCc1ccc(F)cc1)c1ccc(NC(=O)C2CC(F)(F)CN2)cc1. The Morgan fingerprint density at radius 1 is 1.07 bits per heavy atom. The van der Waals surface area contributed by atoms with Crippen LogP contribution >= 0.6 is 0 Å². The van der Waals surface area contributed by atoms with Gasteiger partial charge in [0.1, 0.15) is 5.82 Å². The molecule has 1 unspecified atom stereocenters. The summed E-state index contributed by atoms with van der Waals surface area (Å²) in [5.74, 6) is -4.09.